The van der Waals surface area contributed by atoms with E-state index in [1.807, 2.05) is 0 Å². The standard InChI is InChI=1S/C17H26N2/c1-2-14-6-5-12-19(13-10-14)17-9-3-8-16-15(17)7-4-11-18-16/h3,8-9,14,18H,2,4-7,10-13H2,1H3. The molecule has 1 unspecified atom stereocenters. The van der Waals surface area contributed by atoms with Gasteiger partial charge in [0.1, 0.15) is 0 Å². The van der Waals surface area contributed by atoms with Crippen molar-refractivity contribution in [1.29, 1.82) is 0 Å². The van der Waals surface area contributed by atoms with Gasteiger partial charge in [-0.3, -0.25) is 0 Å². The van der Waals surface area contributed by atoms with Crippen molar-refractivity contribution in [2.24, 2.45) is 5.92 Å². The van der Waals surface area contributed by atoms with Gasteiger partial charge in [0.2, 0.25) is 0 Å². The molecule has 0 radical (unpaired) electrons. The molecule has 0 aliphatic carbocycles. The van der Waals surface area contributed by atoms with E-state index in [9.17, 15) is 0 Å². The normalized spacial score (nSPS) is 23.4. The monoisotopic (exact) mass is 258 g/mol. The van der Waals surface area contributed by atoms with Crippen LogP contribution < -0.4 is 10.2 Å². The molecule has 0 bridgehead atoms. The SMILES string of the molecule is CCC1CCCN(c2cccc3c2CCCN3)CC1. The fourth-order valence-electron chi connectivity index (χ4n) is 3.60. The van der Waals surface area contributed by atoms with Crippen LogP contribution in [-0.2, 0) is 6.42 Å². The number of rotatable bonds is 2. The van der Waals surface area contributed by atoms with E-state index >= 15 is 0 Å². The molecule has 1 atom stereocenters. The van der Waals surface area contributed by atoms with Gasteiger partial charge in [0, 0.05) is 31.0 Å². The molecular formula is C17H26N2. The zero-order valence-corrected chi connectivity index (χ0v) is 12.1. The first kappa shape index (κ1) is 12.8. The molecule has 0 aromatic heterocycles. The first-order valence-corrected chi connectivity index (χ1v) is 7.99. The van der Waals surface area contributed by atoms with Crippen molar-refractivity contribution in [2.75, 3.05) is 29.9 Å². The second kappa shape index (κ2) is 5.85. The van der Waals surface area contributed by atoms with Crippen LogP contribution >= 0.6 is 0 Å². The Kier molecular flexibility index (Phi) is 3.95. The van der Waals surface area contributed by atoms with Gasteiger partial charge in [-0.1, -0.05) is 19.4 Å². The first-order chi connectivity index (χ1) is 9.38. The predicted octanol–water partition coefficient (Wildman–Crippen LogP) is 4.06. The molecule has 1 saturated heterocycles. The summed E-state index contributed by atoms with van der Waals surface area (Å²) in [5.41, 5.74) is 4.44. The average Bonchev–Trinajstić information content (AvgIpc) is 2.72. The summed E-state index contributed by atoms with van der Waals surface area (Å²) < 4.78 is 0. The largest absolute Gasteiger partial charge is 0.385 e. The number of hydrogen-bond donors (Lipinski definition) is 1. The molecule has 2 heterocycles. The smallest absolute Gasteiger partial charge is 0.0419 e. The highest BCUT2D eigenvalue weighted by Crippen LogP contribution is 2.33. The maximum atomic E-state index is 3.55. The second-order valence-electron chi connectivity index (χ2n) is 6.03. The molecule has 0 spiro atoms. The van der Waals surface area contributed by atoms with Crippen LogP contribution in [0.2, 0.25) is 0 Å². The third-order valence-electron chi connectivity index (χ3n) is 4.84. The van der Waals surface area contributed by atoms with Crippen LogP contribution in [0.15, 0.2) is 18.2 Å². The lowest BCUT2D eigenvalue weighted by Crippen LogP contribution is -2.26. The van der Waals surface area contributed by atoms with E-state index < -0.39 is 0 Å². The highest BCUT2D eigenvalue weighted by molar-refractivity contribution is 5.67. The van der Waals surface area contributed by atoms with Crippen molar-refractivity contribution in [3.05, 3.63) is 23.8 Å². The van der Waals surface area contributed by atoms with Crippen LogP contribution in [0.1, 0.15) is 44.6 Å². The van der Waals surface area contributed by atoms with E-state index in [1.165, 1.54) is 63.0 Å². The number of nitrogens with zero attached hydrogens (tertiary/aromatic N) is 1. The van der Waals surface area contributed by atoms with E-state index in [0.29, 0.717) is 0 Å². The summed E-state index contributed by atoms with van der Waals surface area (Å²) >= 11 is 0. The highest BCUT2D eigenvalue weighted by atomic mass is 15.1. The minimum absolute atomic E-state index is 0.947. The number of hydrogen-bond acceptors (Lipinski definition) is 2. The quantitative estimate of drug-likeness (QED) is 0.860. The number of anilines is 2. The molecule has 104 valence electrons. The fourth-order valence-corrected chi connectivity index (χ4v) is 3.60. The summed E-state index contributed by atoms with van der Waals surface area (Å²) in [5.74, 6) is 0.947. The van der Waals surface area contributed by atoms with Gasteiger partial charge in [0.25, 0.3) is 0 Å². The minimum Gasteiger partial charge on any atom is -0.385 e. The average molecular weight is 258 g/mol. The summed E-state index contributed by atoms with van der Waals surface area (Å²) in [6.07, 6.45) is 8.01. The Labute approximate surface area is 117 Å². The van der Waals surface area contributed by atoms with E-state index in [2.05, 4.69) is 35.3 Å². The van der Waals surface area contributed by atoms with E-state index in [1.54, 1.807) is 5.56 Å². The molecule has 2 aliphatic rings. The molecule has 1 fully saturated rings. The molecule has 2 nitrogen and oxygen atoms in total. The van der Waals surface area contributed by atoms with Gasteiger partial charge in [-0.05, 0) is 55.7 Å². The molecular weight excluding hydrogens is 232 g/mol. The fraction of sp³-hybridized carbons (Fsp3) is 0.647. The molecule has 1 aromatic rings. The predicted molar refractivity (Wildman–Crippen MR) is 83.1 cm³/mol. The Morgan fingerprint density at radius 1 is 1.21 bits per heavy atom. The summed E-state index contributed by atoms with van der Waals surface area (Å²) in [6, 6.07) is 6.79. The van der Waals surface area contributed by atoms with Gasteiger partial charge in [-0.2, -0.15) is 0 Å². The zero-order valence-electron chi connectivity index (χ0n) is 12.1. The molecule has 0 saturated carbocycles. The molecule has 19 heavy (non-hydrogen) atoms. The molecule has 0 amide bonds. The van der Waals surface area contributed by atoms with Crippen LogP contribution in [-0.4, -0.2) is 19.6 Å². The van der Waals surface area contributed by atoms with Crippen LogP contribution in [0.4, 0.5) is 11.4 Å². The number of benzene rings is 1. The van der Waals surface area contributed by atoms with Gasteiger partial charge in [0.15, 0.2) is 0 Å². The molecule has 2 aliphatic heterocycles. The summed E-state index contributed by atoms with van der Waals surface area (Å²) in [6.45, 7) is 5.96. The maximum absolute atomic E-state index is 3.55. The van der Waals surface area contributed by atoms with Crippen molar-refractivity contribution in [1.82, 2.24) is 0 Å². The molecule has 1 aromatic carbocycles. The molecule has 1 N–H and O–H groups in total. The van der Waals surface area contributed by atoms with Gasteiger partial charge in [-0.25, -0.2) is 0 Å². The van der Waals surface area contributed by atoms with E-state index in [0.717, 1.165) is 12.5 Å². The zero-order chi connectivity index (χ0) is 13.1. The summed E-state index contributed by atoms with van der Waals surface area (Å²) in [5, 5.41) is 3.55. The van der Waals surface area contributed by atoms with Crippen molar-refractivity contribution >= 4 is 11.4 Å². The first-order valence-electron chi connectivity index (χ1n) is 7.99. The van der Waals surface area contributed by atoms with Crippen LogP contribution in [0.25, 0.3) is 0 Å². The Morgan fingerprint density at radius 2 is 2.16 bits per heavy atom. The summed E-state index contributed by atoms with van der Waals surface area (Å²) in [4.78, 5) is 2.64. The molecule has 2 heteroatoms. The topological polar surface area (TPSA) is 15.3 Å². The molecule has 3 rings (SSSR count). The number of nitrogens with one attached hydrogen (secondary N) is 1. The van der Waals surface area contributed by atoms with Gasteiger partial charge < -0.3 is 10.2 Å². The Hall–Kier alpha value is -1.18. The van der Waals surface area contributed by atoms with E-state index in [4.69, 9.17) is 0 Å². The van der Waals surface area contributed by atoms with E-state index in [-0.39, 0.29) is 0 Å². The van der Waals surface area contributed by atoms with Crippen LogP contribution in [0.5, 0.6) is 0 Å². The van der Waals surface area contributed by atoms with Crippen molar-refractivity contribution in [3.8, 4) is 0 Å². The van der Waals surface area contributed by atoms with Gasteiger partial charge in [-0.15, -0.1) is 0 Å². The minimum atomic E-state index is 0.947. The third kappa shape index (κ3) is 2.72. The Balaban J connectivity index is 1.81. The van der Waals surface area contributed by atoms with Crippen molar-refractivity contribution < 1.29 is 0 Å². The lowest BCUT2D eigenvalue weighted by Gasteiger charge is -2.29. The maximum Gasteiger partial charge on any atom is 0.0419 e. The van der Waals surface area contributed by atoms with Crippen LogP contribution in [0, 0.1) is 5.92 Å². The van der Waals surface area contributed by atoms with Crippen molar-refractivity contribution in [3.63, 3.8) is 0 Å². The van der Waals surface area contributed by atoms with Gasteiger partial charge in [0.05, 0.1) is 0 Å². The van der Waals surface area contributed by atoms with Gasteiger partial charge >= 0.3 is 0 Å². The van der Waals surface area contributed by atoms with Crippen molar-refractivity contribution in [2.45, 2.75) is 45.4 Å². The second-order valence-corrected chi connectivity index (χ2v) is 6.03. The highest BCUT2D eigenvalue weighted by Gasteiger charge is 2.20. The lowest BCUT2D eigenvalue weighted by molar-refractivity contribution is 0.459. The third-order valence-corrected chi connectivity index (χ3v) is 4.84. The van der Waals surface area contributed by atoms with Crippen LogP contribution in [0.3, 0.4) is 0 Å². The Morgan fingerprint density at radius 3 is 3.05 bits per heavy atom. The number of fused-ring (bicyclic) bond motifs is 1. The Bertz CT molecular complexity index is 427. The summed E-state index contributed by atoms with van der Waals surface area (Å²) in [7, 11) is 0. The lowest BCUT2D eigenvalue weighted by atomic mass is 9.98.